The molecule has 0 radical (unpaired) electrons. The van der Waals surface area contributed by atoms with E-state index >= 15 is 0 Å². The molecule has 106 valence electrons. The average Bonchev–Trinajstić information content (AvgIpc) is 2.33. The first-order chi connectivity index (χ1) is 8.97. The SMILES string of the molecule is CC(C)CN1CCN(Cc2ccccc2)C(C)(C)C1. The van der Waals surface area contributed by atoms with Crippen molar-refractivity contribution in [3.05, 3.63) is 35.9 Å². The molecule has 2 rings (SSSR count). The molecule has 2 nitrogen and oxygen atoms in total. The molecule has 1 heterocycles. The van der Waals surface area contributed by atoms with Gasteiger partial charge in [-0.25, -0.2) is 0 Å². The fourth-order valence-electron chi connectivity index (χ4n) is 3.06. The summed E-state index contributed by atoms with van der Waals surface area (Å²) in [5.74, 6) is 0.761. The lowest BCUT2D eigenvalue weighted by atomic mass is 9.97. The lowest BCUT2D eigenvalue weighted by Crippen LogP contribution is -2.59. The lowest BCUT2D eigenvalue weighted by Gasteiger charge is -2.47. The first-order valence-corrected chi connectivity index (χ1v) is 7.49. The predicted molar refractivity (Wildman–Crippen MR) is 82.2 cm³/mol. The zero-order valence-electron chi connectivity index (χ0n) is 12.9. The third kappa shape index (κ3) is 4.05. The van der Waals surface area contributed by atoms with E-state index in [1.165, 1.54) is 31.7 Å². The van der Waals surface area contributed by atoms with Crippen LogP contribution in [0.25, 0.3) is 0 Å². The van der Waals surface area contributed by atoms with Crippen molar-refractivity contribution in [2.24, 2.45) is 5.92 Å². The Morgan fingerprint density at radius 3 is 2.37 bits per heavy atom. The predicted octanol–water partition coefficient (Wildman–Crippen LogP) is 3.24. The zero-order chi connectivity index (χ0) is 13.9. The molecule has 0 saturated carbocycles. The van der Waals surface area contributed by atoms with Gasteiger partial charge in [0.15, 0.2) is 0 Å². The Labute approximate surface area is 118 Å². The second-order valence-corrected chi connectivity index (χ2v) is 6.85. The third-order valence-electron chi connectivity index (χ3n) is 3.99. The van der Waals surface area contributed by atoms with E-state index in [0.717, 1.165) is 12.5 Å². The Morgan fingerprint density at radius 2 is 1.79 bits per heavy atom. The second kappa shape index (κ2) is 6.06. The highest BCUT2D eigenvalue weighted by Gasteiger charge is 2.33. The largest absolute Gasteiger partial charge is 0.300 e. The van der Waals surface area contributed by atoms with Crippen LogP contribution in [0.5, 0.6) is 0 Å². The maximum absolute atomic E-state index is 2.62. The zero-order valence-corrected chi connectivity index (χ0v) is 12.9. The molecule has 1 saturated heterocycles. The highest BCUT2D eigenvalue weighted by atomic mass is 15.3. The van der Waals surface area contributed by atoms with E-state index in [0.29, 0.717) is 0 Å². The minimum Gasteiger partial charge on any atom is -0.300 e. The van der Waals surface area contributed by atoms with Gasteiger partial charge >= 0.3 is 0 Å². The first kappa shape index (κ1) is 14.5. The number of rotatable bonds is 4. The Bertz CT molecular complexity index is 384. The van der Waals surface area contributed by atoms with Gasteiger partial charge in [0, 0.05) is 38.3 Å². The summed E-state index contributed by atoms with van der Waals surface area (Å²) in [5.41, 5.74) is 1.69. The van der Waals surface area contributed by atoms with Crippen LogP contribution in [0.3, 0.4) is 0 Å². The van der Waals surface area contributed by atoms with Gasteiger partial charge in [0.1, 0.15) is 0 Å². The van der Waals surface area contributed by atoms with Gasteiger partial charge in [0.25, 0.3) is 0 Å². The Kier molecular flexibility index (Phi) is 4.64. The number of hydrogen-bond acceptors (Lipinski definition) is 2. The van der Waals surface area contributed by atoms with E-state index in [1.54, 1.807) is 0 Å². The summed E-state index contributed by atoms with van der Waals surface area (Å²) in [6.07, 6.45) is 0. The summed E-state index contributed by atoms with van der Waals surface area (Å²) in [6.45, 7) is 15.2. The van der Waals surface area contributed by atoms with E-state index in [9.17, 15) is 0 Å². The molecule has 0 N–H and O–H groups in total. The molecular formula is C17H28N2. The molecule has 1 aromatic carbocycles. The fraction of sp³-hybridized carbons (Fsp3) is 0.647. The van der Waals surface area contributed by atoms with Crippen molar-refractivity contribution >= 4 is 0 Å². The van der Waals surface area contributed by atoms with Crippen LogP contribution in [0, 0.1) is 5.92 Å². The van der Waals surface area contributed by atoms with Crippen LogP contribution in [0.15, 0.2) is 30.3 Å². The Hall–Kier alpha value is -0.860. The minimum absolute atomic E-state index is 0.267. The van der Waals surface area contributed by atoms with Gasteiger partial charge in [-0.2, -0.15) is 0 Å². The molecule has 0 atom stereocenters. The molecule has 0 bridgehead atoms. The van der Waals surface area contributed by atoms with Crippen LogP contribution in [0.2, 0.25) is 0 Å². The van der Waals surface area contributed by atoms with Gasteiger partial charge in [-0.3, -0.25) is 9.80 Å². The summed E-state index contributed by atoms with van der Waals surface area (Å²) in [4.78, 5) is 5.24. The van der Waals surface area contributed by atoms with E-state index in [-0.39, 0.29) is 5.54 Å². The molecule has 1 fully saturated rings. The van der Waals surface area contributed by atoms with Crippen LogP contribution >= 0.6 is 0 Å². The first-order valence-electron chi connectivity index (χ1n) is 7.49. The van der Waals surface area contributed by atoms with Crippen LogP contribution in [-0.4, -0.2) is 41.5 Å². The summed E-state index contributed by atoms with van der Waals surface area (Å²) in [5, 5.41) is 0. The molecule has 19 heavy (non-hydrogen) atoms. The molecule has 0 amide bonds. The second-order valence-electron chi connectivity index (χ2n) is 6.85. The van der Waals surface area contributed by atoms with Crippen LogP contribution in [-0.2, 0) is 6.54 Å². The number of benzene rings is 1. The topological polar surface area (TPSA) is 6.48 Å². The number of hydrogen-bond donors (Lipinski definition) is 0. The summed E-state index contributed by atoms with van der Waals surface area (Å²) < 4.78 is 0. The van der Waals surface area contributed by atoms with Crippen molar-refractivity contribution in [1.82, 2.24) is 9.80 Å². The molecule has 1 aromatic rings. The highest BCUT2D eigenvalue weighted by Crippen LogP contribution is 2.23. The fourth-order valence-corrected chi connectivity index (χ4v) is 3.06. The quantitative estimate of drug-likeness (QED) is 0.820. The van der Waals surface area contributed by atoms with Gasteiger partial charge in [-0.15, -0.1) is 0 Å². The normalized spacial score (nSPS) is 20.9. The van der Waals surface area contributed by atoms with Gasteiger partial charge in [-0.05, 0) is 25.3 Å². The van der Waals surface area contributed by atoms with Gasteiger partial charge in [0.05, 0.1) is 0 Å². The van der Waals surface area contributed by atoms with Crippen LogP contribution in [0.1, 0.15) is 33.3 Å². The smallest absolute Gasteiger partial charge is 0.0284 e. The van der Waals surface area contributed by atoms with E-state index in [1.807, 2.05) is 0 Å². The van der Waals surface area contributed by atoms with Gasteiger partial charge in [-0.1, -0.05) is 44.2 Å². The highest BCUT2D eigenvalue weighted by molar-refractivity contribution is 5.15. The molecular weight excluding hydrogens is 232 g/mol. The summed E-state index contributed by atoms with van der Waals surface area (Å²) >= 11 is 0. The summed E-state index contributed by atoms with van der Waals surface area (Å²) in [6, 6.07) is 10.8. The van der Waals surface area contributed by atoms with Crippen molar-refractivity contribution in [2.75, 3.05) is 26.2 Å². The molecule has 0 aliphatic carbocycles. The van der Waals surface area contributed by atoms with Gasteiger partial charge in [0.2, 0.25) is 0 Å². The molecule has 0 spiro atoms. The lowest BCUT2D eigenvalue weighted by molar-refractivity contribution is 0.00941. The van der Waals surface area contributed by atoms with E-state index in [2.05, 4.69) is 67.8 Å². The van der Waals surface area contributed by atoms with Crippen molar-refractivity contribution < 1.29 is 0 Å². The van der Waals surface area contributed by atoms with Crippen LogP contribution in [0.4, 0.5) is 0 Å². The Morgan fingerprint density at radius 1 is 1.11 bits per heavy atom. The average molecular weight is 260 g/mol. The van der Waals surface area contributed by atoms with E-state index < -0.39 is 0 Å². The monoisotopic (exact) mass is 260 g/mol. The van der Waals surface area contributed by atoms with Crippen molar-refractivity contribution in [3.63, 3.8) is 0 Å². The van der Waals surface area contributed by atoms with Crippen molar-refractivity contribution in [2.45, 2.75) is 39.8 Å². The molecule has 2 heteroatoms. The molecule has 1 aliphatic heterocycles. The van der Waals surface area contributed by atoms with Gasteiger partial charge < -0.3 is 0 Å². The van der Waals surface area contributed by atoms with Crippen molar-refractivity contribution in [3.8, 4) is 0 Å². The van der Waals surface area contributed by atoms with Crippen LogP contribution < -0.4 is 0 Å². The summed E-state index contributed by atoms with van der Waals surface area (Å²) in [7, 11) is 0. The van der Waals surface area contributed by atoms with Crippen molar-refractivity contribution in [1.29, 1.82) is 0 Å². The maximum atomic E-state index is 2.62. The molecule has 0 aromatic heterocycles. The number of piperazine rings is 1. The molecule has 1 aliphatic rings. The number of nitrogens with zero attached hydrogens (tertiary/aromatic N) is 2. The Balaban J connectivity index is 1.97. The maximum Gasteiger partial charge on any atom is 0.0284 e. The third-order valence-corrected chi connectivity index (χ3v) is 3.99. The van der Waals surface area contributed by atoms with E-state index in [4.69, 9.17) is 0 Å². The minimum atomic E-state index is 0.267. The standard InChI is InChI=1S/C17H28N2/c1-15(2)12-18-10-11-19(17(3,4)14-18)13-16-8-6-5-7-9-16/h5-9,15H,10-14H2,1-4H3. The molecule has 0 unspecified atom stereocenters.